The molecule has 350 valence electrons. The number of nitrogens with one attached hydrogen (secondary N) is 1. The summed E-state index contributed by atoms with van der Waals surface area (Å²) in [7, 11) is 0. The number of carbonyl (C=O) groups excluding carboxylic acids is 1. The second-order valence-electron chi connectivity index (χ2n) is 18.0. The first-order valence-corrected chi connectivity index (χ1v) is 25.4. The standard InChI is InChI=1S/C50H97NO8/c1-3-5-7-9-11-13-15-17-19-20-21-22-23-24-25-26-28-30-32-34-36-38-40-46(54)51-43(42-58-50-49(57)48(56)47(55)45(41-52)59-50)44(53)39-37-35-33-31-29-27-18-16-14-12-10-8-6-4-2/h29,31,43-45,47-50,52-53,55-57H,3-28,30,32-42H2,1-2H3,(H,51,54)/b31-29+/t43-,44+,45-,47-,48?,49?,50-/m0/s1. The predicted octanol–water partition coefficient (Wildman–Crippen LogP) is 11.3. The lowest BCUT2D eigenvalue weighted by molar-refractivity contribution is -0.302. The van der Waals surface area contributed by atoms with E-state index in [9.17, 15) is 30.3 Å². The van der Waals surface area contributed by atoms with Crippen molar-refractivity contribution in [1.29, 1.82) is 0 Å². The summed E-state index contributed by atoms with van der Waals surface area (Å²) in [5, 5.41) is 54.4. The molecule has 0 aromatic rings. The molecule has 9 heteroatoms. The Morgan fingerprint density at radius 1 is 0.559 bits per heavy atom. The smallest absolute Gasteiger partial charge is 0.220 e. The third kappa shape index (κ3) is 31.4. The SMILES string of the molecule is CCCCCCCCCC/C=C/CCCC[C@@H](O)[C@H](CO[C@H]1O[C@@H](CO)[C@H](O)C(O)C1O)NC(=O)CCCCCCCCCCCCCCCCCCCCCCCC. The van der Waals surface area contributed by atoms with Crippen LogP contribution in [-0.4, -0.2) is 87.5 Å². The van der Waals surface area contributed by atoms with Crippen molar-refractivity contribution in [1.82, 2.24) is 5.32 Å². The average Bonchev–Trinajstić information content (AvgIpc) is 3.23. The maximum absolute atomic E-state index is 13.0. The van der Waals surface area contributed by atoms with Crippen LogP contribution in [0.5, 0.6) is 0 Å². The molecule has 1 heterocycles. The number of hydrogen-bond donors (Lipinski definition) is 6. The third-order valence-corrected chi connectivity index (χ3v) is 12.4. The van der Waals surface area contributed by atoms with Gasteiger partial charge in [-0.05, 0) is 38.5 Å². The quantitative estimate of drug-likeness (QED) is 0.0263. The van der Waals surface area contributed by atoms with Crippen LogP contribution in [0.1, 0.15) is 245 Å². The Balaban J connectivity index is 2.25. The summed E-state index contributed by atoms with van der Waals surface area (Å²) in [6, 6.07) is -0.730. The van der Waals surface area contributed by atoms with Crippen molar-refractivity contribution in [2.24, 2.45) is 0 Å². The Kier molecular flexibility index (Phi) is 38.9. The van der Waals surface area contributed by atoms with Gasteiger partial charge in [-0.2, -0.15) is 0 Å². The van der Waals surface area contributed by atoms with Crippen molar-refractivity contribution in [2.45, 2.75) is 288 Å². The van der Waals surface area contributed by atoms with E-state index >= 15 is 0 Å². The fourth-order valence-electron chi connectivity index (χ4n) is 8.27. The zero-order valence-electron chi connectivity index (χ0n) is 38.5. The van der Waals surface area contributed by atoms with Gasteiger partial charge in [0.05, 0.1) is 25.4 Å². The Labute approximate surface area is 363 Å². The maximum Gasteiger partial charge on any atom is 0.220 e. The highest BCUT2D eigenvalue weighted by molar-refractivity contribution is 5.76. The number of amides is 1. The van der Waals surface area contributed by atoms with Crippen LogP contribution < -0.4 is 5.32 Å². The molecule has 0 saturated carbocycles. The third-order valence-electron chi connectivity index (χ3n) is 12.4. The Morgan fingerprint density at radius 2 is 0.949 bits per heavy atom. The van der Waals surface area contributed by atoms with E-state index in [1.807, 2.05) is 0 Å². The normalized spacial score (nSPS) is 20.7. The van der Waals surface area contributed by atoms with Gasteiger partial charge in [0.15, 0.2) is 6.29 Å². The molecule has 1 aliphatic rings. The Hall–Kier alpha value is -1.07. The van der Waals surface area contributed by atoms with Crippen LogP contribution >= 0.6 is 0 Å². The molecular weight excluding hydrogens is 743 g/mol. The molecule has 9 nitrogen and oxygen atoms in total. The lowest BCUT2D eigenvalue weighted by Crippen LogP contribution is -2.60. The molecule has 2 unspecified atom stereocenters. The molecule has 7 atom stereocenters. The summed E-state index contributed by atoms with van der Waals surface area (Å²) < 4.78 is 11.3. The number of ether oxygens (including phenoxy) is 2. The fourth-order valence-corrected chi connectivity index (χ4v) is 8.27. The largest absolute Gasteiger partial charge is 0.394 e. The topological polar surface area (TPSA) is 149 Å². The molecule has 0 aromatic carbocycles. The average molecular weight is 840 g/mol. The molecule has 0 aromatic heterocycles. The highest BCUT2D eigenvalue weighted by Crippen LogP contribution is 2.23. The van der Waals surface area contributed by atoms with E-state index in [1.165, 1.54) is 173 Å². The number of unbranched alkanes of at least 4 members (excludes halogenated alkanes) is 31. The van der Waals surface area contributed by atoms with Gasteiger partial charge in [-0.1, -0.05) is 212 Å². The van der Waals surface area contributed by atoms with Crippen molar-refractivity contribution < 1.29 is 39.8 Å². The van der Waals surface area contributed by atoms with Gasteiger partial charge in [-0.3, -0.25) is 4.79 Å². The van der Waals surface area contributed by atoms with Gasteiger partial charge in [0, 0.05) is 6.42 Å². The molecule has 0 aliphatic carbocycles. The van der Waals surface area contributed by atoms with Crippen LogP contribution in [0.3, 0.4) is 0 Å². The molecule has 6 N–H and O–H groups in total. The first-order chi connectivity index (χ1) is 28.8. The van der Waals surface area contributed by atoms with Gasteiger partial charge >= 0.3 is 0 Å². The van der Waals surface area contributed by atoms with Crippen molar-refractivity contribution in [3.63, 3.8) is 0 Å². The van der Waals surface area contributed by atoms with Gasteiger partial charge in [0.25, 0.3) is 0 Å². The summed E-state index contributed by atoms with van der Waals surface area (Å²) in [4.78, 5) is 13.0. The summed E-state index contributed by atoms with van der Waals surface area (Å²) >= 11 is 0. The minimum Gasteiger partial charge on any atom is -0.394 e. The maximum atomic E-state index is 13.0. The highest BCUT2D eigenvalue weighted by Gasteiger charge is 2.44. The first-order valence-electron chi connectivity index (χ1n) is 25.4. The molecule has 1 saturated heterocycles. The molecular formula is C50H97NO8. The zero-order chi connectivity index (χ0) is 43.0. The minimum absolute atomic E-state index is 0.145. The van der Waals surface area contributed by atoms with E-state index in [-0.39, 0.29) is 12.5 Å². The van der Waals surface area contributed by atoms with E-state index in [0.29, 0.717) is 12.8 Å². The highest BCUT2D eigenvalue weighted by atomic mass is 16.7. The Morgan fingerprint density at radius 3 is 1.37 bits per heavy atom. The second kappa shape index (κ2) is 41.0. The molecule has 0 spiro atoms. The second-order valence-corrected chi connectivity index (χ2v) is 18.0. The van der Waals surface area contributed by atoms with Crippen molar-refractivity contribution in [3.8, 4) is 0 Å². The van der Waals surface area contributed by atoms with Crippen molar-refractivity contribution in [3.05, 3.63) is 12.2 Å². The number of hydrogen-bond acceptors (Lipinski definition) is 8. The minimum atomic E-state index is -1.55. The molecule has 0 bridgehead atoms. The molecule has 1 aliphatic heterocycles. The zero-order valence-corrected chi connectivity index (χ0v) is 38.5. The first kappa shape index (κ1) is 55.9. The summed E-state index contributed by atoms with van der Waals surface area (Å²) in [6.07, 6.45) is 40.9. The summed E-state index contributed by atoms with van der Waals surface area (Å²) in [5.41, 5.74) is 0. The summed E-state index contributed by atoms with van der Waals surface area (Å²) in [6.45, 7) is 3.84. The molecule has 1 rings (SSSR count). The van der Waals surface area contributed by atoms with Crippen LogP contribution in [0.4, 0.5) is 0 Å². The number of rotatable bonds is 43. The lowest BCUT2D eigenvalue weighted by atomic mass is 9.99. The van der Waals surface area contributed by atoms with Gasteiger partial charge in [0.2, 0.25) is 5.91 Å². The van der Waals surface area contributed by atoms with Gasteiger partial charge in [-0.15, -0.1) is 0 Å². The van der Waals surface area contributed by atoms with Gasteiger partial charge < -0.3 is 40.3 Å². The van der Waals surface area contributed by atoms with Crippen molar-refractivity contribution in [2.75, 3.05) is 13.2 Å². The van der Waals surface area contributed by atoms with Gasteiger partial charge in [-0.25, -0.2) is 0 Å². The number of carbonyl (C=O) groups is 1. The van der Waals surface area contributed by atoms with Crippen LogP contribution in [0.25, 0.3) is 0 Å². The Bertz CT molecular complexity index is 935. The monoisotopic (exact) mass is 840 g/mol. The fraction of sp³-hybridized carbons (Fsp3) is 0.940. The van der Waals surface area contributed by atoms with E-state index in [2.05, 4.69) is 31.3 Å². The van der Waals surface area contributed by atoms with E-state index in [4.69, 9.17) is 9.47 Å². The van der Waals surface area contributed by atoms with Crippen LogP contribution in [0.15, 0.2) is 12.2 Å². The number of allylic oxidation sites excluding steroid dienone is 2. The molecule has 1 fully saturated rings. The summed E-state index contributed by atoms with van der Waals surface area (Å²) in [5.74, 6) is -0.150. The molecule has 0 radical (unpaired) electrons. The van der Waals surface area contributed by atoms with Gasteiger partial charge in [0.1, 0.15) is 24.4 Å². The predicted molar refractivity (Wildman–Crippen MR) is 244 cm³/mol. The van der Waals surface area contributed by atoms with E-state index in [1.54, 1.807) is 0 Å². The lowest BCUT2D eigenvalue weighted by Gasteiger charge is -2.40. The number of aliphatic hydroxyl groups excluding tert-OH is 5. The van der Waals surface area contributed by atoms with E-state index < -0.39 is 49.5 Å². The molecule has 1 amide bonds. The van der Waals surface area contributed by atoms with Crippen LogP contribution in [0.2, 0.25) is 0 Å². The van der Waals surface area contributed by atoms with E-state index in [0.717, 1.165) is 44.9 Å². The van der Waals surface area contributed by atoms with Crippen molar-refractivity contribution >= 4 is 5.91 Å². The van der Waals surface area contributed by atoms with Crippen LogP contribution in [0, 0.1) is 0 Å². The molecule has 59 heavy (non-hydrogen) atoms. The van der Waals surface area contributed by atoms with Crippen LogP contribution in [-0.2, 0) is 14.3 Å². The number of aliphatic hydroxyl groups is 5.